The Labute approximate surface area is 155 Å². The van der Waals surface area contributed by atoms with Gasteiger partial charge < -0.3 is 14.5 Å². The minimum Gasteiger partial charge on any atom is -0.469 e. The third-order valence-electron chi connectivity index (χ3n) is 5.13. The molecule has 1 aromatic heterocycles. The highest BCUT2D eigenvalue weighted by atomic mass is 16.5. The van der Waals surface area contributed by atoms with Gasteiger partial charge in [-0.3, -0.25) is 4.79 Å². The minimum atomic E-state index is -0.204. The summed E-state index contributed by atoms with van der Waals surface area (Å²) in [7, 11) is 0. The van der Waals surface area contributed by atoms with Crippen molar-refractivity contribution >= 4 is 5.91 Å². The van der Waals surface area contributed by atoms with Crippen molar-refractivity contribution in [3.8, 4) is 0 Å². The van der Waals surface area contributed by atoms with Gasteiger partial charge in [-0.05, 0) is 57.2 Å². The SMILES string of the molecule is CC1(C)C[C@@H](C(=O)NCC[C@@H](Cc2ccccc2)c2ccco2)CCO1. The molecule has 0 saturated carbocycles. The molecule has 1 N–H and O–H groups in total. The predicted molar refractivity (Wildman–Crippen MR) is 102 cm³/mol. The monoisotopic (exact) mass is 355 g/mol. The summed E-state index contributed by atoms with van der Waals surface area (Å²) in [5, 5.41) is 3.13. The van der Waals surface area contributed by atoms with Gasteiger partial charge >= 0.3 is 0 Å². The van der Waals surface area contributed by atoms with Crippen molar-refractivity contribution in [1.29, 1.82) is 0 Å². The highest BCUT2D eigenvalue weighted by Gasteiger charge is 2.32. The van der Waals surface area contributed by atoms with Crippen LogP contribution in [0.1, 0.15) is 50.4 Å². The fourth-order valence-electron chi connectivity index (χ4n) is 3.74. The van der Waals surface area contributed by atoms with Crippen LogP contribution in [0.25, 0.3) is 0 Å². The van der Waals surface area contributed by atoms with Crippen molar-refractivity contribution in [2.24, 2.45) is 5.92 Å². The smallest absolute Gasteiger partial charge is 0.223 e. The van der Waals surface area contributed by atoms with Crippen LogP contribution in [0.15, 0.2) is 53.1 Å². The Balaban J connectivity index is 1.54. The van der Waals surface area contributed by atoms with Gasteiger partial charge in [0.1, 0.15) is 5.76 Å². The molecule has 1 amide bonds. The van der Waals surface area contributed by atoms with E-state index in [1.807, 2.05) is 18.2 Å². The van der Waals surface area contributed by atoms with Crippen LogP contribution in [0.2, 0.25) is 0 Å². The standard InChI is InChI=1S/C22H29NO3/c1-22(2)16-19(11-14-26-22)21(24)23-12-10-18(20-9-6-13-25-20)15-17-7-4-3-5-8-17/h3-9,13,18-19H,10-12,14-16H2,1-2H3,(H,23,24)/t18-,19-/m0/s1. The first-order chi connectivity index (χ1) is 12.5. The molecule has 2 atom stereocenters. The van der Waals surface area contributed by atoms with Gasteiger partial charge in [-0.1, -0.05) is 30.3 Å². The molecule has 1 fully saturated rings. The van der Waals surface area contributed by atoms with Crippen molar-refractivity contribution in [2.75, 3.05) is 13.2 Å². The Kier molecular flexibility index (Phi) is 6.15. The number of carbonyl (C=O) groups excluding carboxylic acids is 1. The summed E-state index contributed by atoms with van der Waals surface area (Å²) >= 11 is 0. The number of carbonyl (C=O) groups is 1. The fraction of sp³-hybridized carbons (Fsp3) is 0.500. The second kappa shape index (κ2) is 8.54. The fourth-order valence-corrected chi connectivity index (χ4v) is 3.74. The maximum absolute atomic E-state index is 12.5. The topological polar surface area (TPSA) is 51.5 Å². The molecule has 140 valence electrons. The van der Waals surface area contributed by atoms with E-state index in [4.69, 9.17) is 9.15 Å². The van der Waals surface area contributed by atoms with Crippen molar-refractivity contribution in [3.63, 3.8) is 0 Å². The Hall–Kier alpha value is -2.07. The van der Waals surface area contributed by atoms with Crippen LogP contribution >= 0.6 is 0 Å². The summed E-state index contributed by atoms with van der Waals surface area (Å²) in [6.07, 6.45) is 5.08. The Bertz CT molecular complexity index is 679. The molecule has 1 aliphatic rings. The molecule has 0 bridgehead atoms. The molecule has 0 radical (unpaired) electrons. The van der Waals surface area contributed by atoms with E-state index < -0.39 is 0 Å². The molecule has 2 aromatic rings. The molecule has 3 rings (SSSR count). The van der Waals surface area contributed by atoms with Gasteiger partial charge in [0.25, 0.3) is 0 Å². The second-order valence-electron chi connectivity index (χ2n) is 7.78. The molecule has 26 heavy (non-hydrogen) atoms. The average Bonchev–Trinajstić information content (AvgIpc) is 3.15. The average molecular weight is 355 g/mol. The van der Waals surface area contributed by atoms with Crippen molar-refractivity contribution in [1.82, 2.24) is 5.32 Å². The maximum atomic E-state index is 12.5. The molecular weight excluding hydrogens is 326 g/mol. The van der Waals surface area contributed by atoms with Crippen LogP contribution in [0.3, 0.4) is 0 Å². The number of rotatable bonds is 7. The maximum Gasteiger partial charge on any atom is 0.223 e. The van der Waals surface area contributed by atoms with Gasteiger partial charge in [0, 0.05) is 25.0 Å². The highest BCUT2D eigenvalue weighted by Crippen LogP contribution is 2.29. The lowest BCUT2D eigenvalue weighted by Gasteiger charge is -2.34. The summed E-state index contributed by atoms with van der Waals surface area (Å²) < 4.78 is 11.4. The van der Waals surface area contributed by atoms with E-state index in [9.17, 15) is 4.79 Å². The molecule has 0 aliphatic carbocycles. The quantitative estimate of drug-likeness (QED) is 0.805. The minimum absolute atomic E-state index is 0.0509. The first kappa shape index (κ1) is 18.7. The summed E-state index contributed by atoms with van der Waals surface area (Å²) in [4.78, 5) is 12.5. The van der Waals surface area contributed by atoms with E-state index in [0.717, 1.165) is 31.4 Å². The lowest BCUT2D eigenvalue weighted by Crippen LogP contribution is -2.41. The van der Waals surface area contributed by atoms with Gasteiger partial charge in [0.15, 0.2) is 0 Å². The zero-order chi connectivity index (χ0) is 18.4. The molecule has 0 unspecified atom stereocenters. The van der Waals surface area contributed by atoms with Gasteiger partial charge in [-0.25, -0.2) is 0 Å². The highest BCUT2D eigenvalue weighted by molar-refractivity contribution is 5.78. The Morgan fingerprint density at radius 1 is 1.23 bits per heavy atom. The lowest BCUT2D eigenvalue weighted by molar-refractivity contribution is -0.135. The van der Waals surface area contributed by atoms with E-state index in [1.165, 1.54) is 5.56 Å². The summed E-state index contributed by atoms with van der Waals surface area (Å²) in [5.41, 5.74) is 1.08. The predicted octanol–water partition coefficient (Wildman–Crippen LogP) is 4.32. The third-order valence-corrected chi connectivity index (χ3v) is 5.13. The van der Waals surface area contributed by atoms with Gasteiger partial charge in [0.05, 0.1) is 11.9 Å². The van der Waals surface area contributed by atoms with Crippen molar-refractivity contribution in [3.05, 3.63) is 60.1 Å². The van der Waals surface area contributed by atoms with E-state index in [2.05, 4.69) is 43.4 Å². The van der Waals surface area contributed by atoms with Crippen LogP contribution < -0.4 is 5.32 Å². The van der Waals surface area contributed by atoms with Crippen LogP contribution in [-0.2, 0) is 16.0 Å². The number of furan rings is 1. The van der Waals surface area contributed by atoms with Crippen LogP contribution in [0, 0.1) is 5.92 Å². The molecule has 1 aromatic carbocycles. The van der Waals surface area contributed by atoms with Gasteiger partial charge in [-0.15, -0.1) is 0 Å². The number of ether oxygens (including phenoxy) is 1. The number of hydrogen-bond donors (Lipinski definition) is 1. The molecule has 1 aliphatic heterocycles. The van der Waals surface area contributed by atoms with E-state index >= 15 is 0 Å². The summed E-state index contributed by atoms with van der Waals surface area (Å²) in [6.45, 7) is 5.43. The Morgan fingerprint density at radius 3 is 2.73 bits per heavy atom. The molecule has 2 heterocycles. The molecule has 1 saturated heterocycles. The first-order valence-electron chi connectivity index (χ1n) is 9.52. The molecule has 4 nitrogen and oxygen atoms in total. The zero-order valence-electron chi connectivity index (χ0n) is 15.7. The van der Waals surface area contributed by atoms with E-state index in [-0.39, 0.29) is 23.3 Å². The summed E-state index contributed by atoms with van der Waals surface area (Å²) in [5.74, 6) is 1.45. The third kappa shape index (κ3) is 5.21. The summed E-state index contributed by atoms with van der Waals surface area (Å²) in [6, 6.07) is 14.4. The largest absolute Gasteiger partial charge is 0.469 e. The molecule has 0 spiro atoms. The number of amides is 1. The van der Waals surface area contributed by atoms with Crippen molar-refractivity contribution in [2.45, 2.75) is 51.0 Å². The molecular formula is C22H29NO3. The van der Waals surface area contributed by atoms with Crippen LogP contribution in [0.4, 0.5) is 0 Å². The van der Waals surface area contributed by atoms with Gasteiger partial charge in [-0.2, -0.15) is 0 Å². The van der Waals surface area contributed by atoms with Crippen molar-refractivity contribution < 1.29 is 13.9 Å². The van der Waals surface area contributed by atoms with E-state index in [0.29, 0.717) is 13.2 Å². The van der Waals surface area contributed by atoms with E-state index in [1.54, 1.807) is 6.26 Å². The number of nitrogens with one attached hydrogen (secondary N) is 1. The van der Waals surface area contributed by atoms with Crippen LogP contribution in [0.5, 0.6) is 0 Å². The lowest BCUT2D eigenvalue weighted by atomic mass is 9.87. The molecule has 4 heteroatoms. The number of hydrogen-bond acceptors (Lipinski definition) is 3. The second-order valence-corrected chi connectivity index (χ2v) is 7.78. The number of benzene rings is 1. The Morgan fingerprint density at radius 2 is 2.04 bits per heavy atom. The van der Waals surface area contributed by atoms with Crippen LogP contribution in [-0.4, -0.2) is 24.7 Å². The first-order valence-corrected chi connectivity index (χ1v) is 9.52. The normalized spacial score (nSPS) is 20.5. The van der Waals surface area contributed by atoms with Gasteiger partial charge in [0.2, 0.25) is 5.91 Å². The zero-order valence-corrected chi connectivity index (χ0v) is 15.7.